The lowest BCUT2D eigenvalue weighted by molar-refractivity contribution is -0.130. The van der Waals surface area contributed by atoms with Gasteiger partial charge in [0.25, 0.3) is 5.91 Å². The van der Waals surface area contributed by atoms with Crippen molar-refractivity contribution in [1.82, 2.24) is 10.3 Å². The fourth-order valence-corrected chi connectivity index (χ4v) is 1.93. The van der Waals surface area contributed by atoms with Gasteiger partial charge in [0.1, 0.15) is 0 Å². The highest BCUT2D eigenvalue weighted by Gasteiger charge is 2.14. The van der Waals surface area contributed by atoms with Gasteiger partial charge in [0.05, 0.1) is 24.5 Å². The summed E-state index contributed by atoms with van der Waals surface area (Å²) >= 11 is 6.22. The average molecular weight is 372 g/mol. The fourth-order valence-electron chi connectivity index (χ4n) is 1.65. The van der Waals surface area contributed by atoms with Gasteiger partial charge in [-0.1, -0.05) is 11.6 Å². The highest BCUT2D eigenvalue weighted by Crippen LogP contribution is 2.36. The van der Waals surface area contributed by atoms with Crippen LogP contribution in [-0.4, -0.2) is 57.0 Å². The van der Waals surface area contributed by atoms with Crippen LogP contribution in [0, 0.1) is 0 Å². The molecule has 0 aromatic heterocycles. The smallest absolute Gasteiger partial charge is 0.427 e. The second kappa shape index (κ2) is 10.4. The first-order chi connectivity index (χ1) is 11.9. The second-order valence-corrected chi connectivity index (χ2v) is 5.34. The quantitative estimate of drug-likeness (QED) is 0.559. The third-order valence-electron chi connectivity index (χ3n) is 2.82. The first-order valence-electron chi connectivity index (χ1n) is 7.64. The molecule has 0 bridgehead atoms. The number of benzene rings is 1. The van der Waals surface area contributed by atoms with E-state index >= 15 is 0 Å². The van der Waals surface area contributed by atoms with Crippen molar-refractivity contribution in [2.24, 2.45) is 5.10 Å². The molecule has 0 radical (unpaired) electrons. The van der Waals surface area contributed by atoms with Crippen LogP contribution >= 0.6 is 11.6 Å². The van der Waals surface area contributed by atoms with Crippen LogP contribution in [0.2, 0.25) is 5.02 Å². The topological polar surface area (TPSA) is 89.5 Å². The Morgan fingerprint density at radius 1 is 1.24 bits per heavy atom. The van der Waals surface area contributed by atoms with Crippen molar-refractivity contribution in [3.63, 3.8) is 0 Å². The Bertz CT molecular complexity index is 634. The van der Waals surface area contributed by atoms with Crippen LogP contribution in [0.3, 0.4) is 0 Å². The molecule has 9 heteroatoms. The van der Waals surface area contributed by atoms with Crippen molar-refractivity contribution in [2.75, 3.05) is 33.9 Å². The Hall–Kier alpha value is -2.48. The first-order valence-corrected chi connectivity index (χ1v) is 8.01. The van der Waals surface area contributed by atoms with E-state index in [1.54, 1.807) is 33.2 Å². The number of nitrogens with zero attached hydrogens (tertiary/aromatic N) is 2. The summed E-state index contributed by atoms with van der Waals surface area (Å²) in [4.78, 5) is 24.3. The van der Waals surface area contributed by atoms with Crippen LogP contribution in [0.15, 0.2) is 17.2 Å². The Labute approximate surface area is 151 Å². The molecule has 1 aromatic carbocycles. The molecule has 1 aromatic rings. The second-order valence-electron chi connectivity index (χ2n) is 4.93. The maximum absolute atomic E-state index is 11.7. The molecule has 0 fully saturated rings. The molecule has 0 aliphatic heterocycles. The molecule has 8 nitrogen and oxygen atoms in total. The van der Waals surface area contributed by atoms with Gasteiger partial charge in [-0.15, -0.1) is 0 Å². The van der Waals surface area contributed by atoms with Crippen molar-refractivity contribution in [3.8, 4) is 11.5 Å². The number of hydrogen-bond donors (Lipinski definition) is 1. The lowest BCUT2D eigenvalue weighted by Gasteiger charge is -2.16. The number of rotatable bonds is 8. The predicted octanol–water partition coefficient (Wildman–Crippen LogP) is 2.29. The fraction of sp³-hybridized carbons (Fsp3) is 0.438. The zero-order valence-electron chi connectivity index (χ0n) is 14.7. The Kier molecular flexibility index (Phi) is 8.55. The number of halogens is 1. The third-order valence-corrected chi connectivity index (χ3v) is 3.10. The van der Waals surface area contributed by atoms with E-state index in [-0.39, 0.29) is 29.9 Å². The Balaban J connectivity index is 2.92. The van der Waals surface area contributed by atoms with Gasteiger partial charge >= 0.3 is 6.09 Å². The third kappa shape index (κ3) is 6.88. The highest BCUT2D eigenvalue weighted by atomic mass is 35.5. The number of carbonyl (C=O) groups excluding carboxylic acids is 2. The number of hydrazone groups is 1. The van der Waals surface area contributed by atoms with E-state index in [2.05, 4.69) is 15.3 Å². The van der Waals surface area contributed by atoms with Crippen molar-refractivity contribution < 1.29 is 23.8 Å². The molecule has 138 valence electrons. The maximum Gasteiger partial charge on any atom is 0.427 e. The van der Waals surface area contributed by atoms with Crippen LogP contribution in [0.25, 0.3) is 0 Å². The monoisotopic (exact) mass is 371 g/mol. The van der Waals surface area contributed by atoms with E-state index in [0.717, 1.165) is 0 Å². The molecule has 0 heterocycles. The molecule has 0 aliphatic carbocycles. The highest BCUT2D eigenvalue weighted by molar-refractivity contribution is 6.32. The molecule has 1 rings (SSSR count). The van der Waals surface area contributed by atoms with Gasteiger partial charge < -0.3 is 19.1 Å². The standard InChI is InChI=1S/C16H22ClN3O5/c1-5-23-13-8-11(9-18-19-16(22)24-6-2)7-12(17)15(13)25-10-14(21)20(3)4/h7-9H,5-6,10H2,1-4H3,(H,19,22)/b18-9-. The zero-order valence-corrected chi connectivity index (χ0v) is 15.4. The average Bonchev–Trinajstić information content (AvgIpc) is 2.54. The molecular weight excluding hydrogens is 350 g/mol. The minimum Gasteiger partial charge on any atom is -0.490 e. The van der Waals surface area contributed by atoms with E-state index < -0.39 is 6.09 Å². The molecule has 2 amide bonds. The number of ether oxygens (including phenoxy) is 3. The molecule has 25 heavy (non-hydrogen) atoms. The van der Waals surface area contributed by atoms with Crippen molar-refractivity contribution >= 4 is 29.8 Å². The Morgan fingerprint density at radius 3 is 2.56 bits per heavy atom. The van der Waals surface area contributed by atoms with Crippen LogP contribution in [0.4, 0.5) is 4.79 Å². The summed E-state index contributed by atoms with van der Waals surface area (Å²) in [7, 11) is 3.26. The van der Waals surface area contributed by atoms with Crippen LogP contribution in [-0.2, 0) is 9.53 Å². The maximum atomic E-state index is 11.7. The lowest BCUT2D eigenvalue weighted by atomic mass is 10.2. The molecule has 0 unspecified atom stereocenters. The summed E-state index contributed by atoms with van der Waals surface area (Å²) in [6.45, 7) is 3.98. The predicted molar refractivity (Wildman–Crippen MR) is 94.6 cm³/mol. The van der Waals surface area contributed by atoms with Crippen molar-refractivity contribution in [1.29, 1.82) is 0 Å². The molecule has 0 saturated carbocycles. The zero-order chi connectivity index (χ0) is 18.8. The summed E-state index contributed by atoms with van der Waals surface area (Å²) in [6, 6.07) is 3.22. The summed E-state index contributed by atoms with van der Waals surface area (Å²) < 4.78 is 15.7. The molecule has 0 spiro atoms. The van der Waals surface area contributed by atoms with E-state index in [1.807, 2.05) is 6.92 Å². The SMILES string of the molecule is CCOC(=O)N/N=C\c1cc(Cl)c(OCC(=O)N(C)C)c(OCC)c1. The lowest BCUT2D eigenvalue weighted by Crippen LogP contribution is -2.27. The van der Waals surface area contributed by atoms with E-state index in [0.29, 0.717) is 17.9 Å². The minimum atomic E-state index is -0.656. The Morgan fingerprint density at radius 2 is 1.96 bits per heavy atom. The van der Waals surface area contributed by atoms with E-state index in [1.165, 1.54) is 11.1 Å². The van der Waals surface area contributed by atoms with Gasteiger partial charge in [-0.3, -0.25) is 4.79 Å². The number of likely N-dealkylation sites (N-methyl/N-ethyl adjacent to an activating group) is 1. The van der Waals surface area contributed by atoms with Gasteiger partial charge in [-0.25, -0.2) is 10.2 Å². The van der Waals surface area contributed by atoms with Gasteiger partial charge in [-0.2, -0.15) is 5.10 Å². The van der Waals surface area contributed by atoms with Gasteiger partial charge in [0, 0.05) is 14.1 Å². The molecule has 0 atom stereocenters. The summed E-state index contributed by atoms with van der Waals surface area (Å²) in [5.74, 6) is 0.441. The van der Waals surface area contributed by atoms with E-state index in [9.17, 15) is 9.59 Å². The van der Waals surface area contributed by atoms with E-state index in [4.69, 9.17) is 21.1 Å². The number of hydrogen-bond acceptors (Lipinski definition) is 6. The normalized spacial score (nSPS) is 10.4. The van der Waals surface area contributed by atoms with Gasteiger partial charge in [0.15, 0.2) is 18.1 Å². The van der Waals surface area contributed by atoms with Crippen molar-refractivity contribution in [2.45, 2.75) is 13.8 Å². The molecule has 0 aliphatic rings. The molecule has 1 N–H and O–H groups in total. The summed E-state index contributed by atoms with van der Waals surface area (Å²) in [5, 5.41) is 4.02. The largest absolute Gasteiger partial charge is 0.490 e. The number of nitrogens with one attached hydrogen (secondary N) is 1. The summed E-state index contributed by atoms with van der Waals surface area (Å²) in [6.07, 6.45) is 0.733. The summed E-state index contributed by atoms with van der Waals surface area (Å²) in [5.41, 5.74) is 2.79. The number of amides is 2. The van der Waals surface area contributed by atoms with Crippen LogP contribution in [0.5, 0.6) is 11.5 Å². The van der Waals surface area contributed by atoms with Crippen LogP contribution in [0.1, 0.15) is 19.4 Å². The number of carbonyl (C=O) groups is 2. The molecular formula is C16H22ClN3O5. The minimum absolute atomic E-state index is 0.162. The van der Waals surface area contributed by atoms with Crippen molar-refractivity contribution in [3.05, 3.63) is 22.7 Å². The van der Waals surface area contributed by atoms with Gasteiger partial charge in [-0.05, 0) is 31.5 Å². The van der Waals surface area contributed by atoms with Crippen LogP contribution < -0.4 is 14.9 Å². The van der Waals surface area contributed by atoms with Gasteiger partial charge in [0.2, 0.25) is 0 Å². The first kappa shape index (κ1) is 20.6. The molecule has 0 saturated heterocycles.